The van der Waals surface area contributed by atoms with Gasteiger partial charge in [0.25, 0.3) is 5.91 Å². The van der Waals surface area contributed by atoms with Gasteiger partial charge in [0.05, 0.1) is 5.69 Å². The highest BCUT2D eigenvalue weighted by atomic mass is 19.1. The van der Waals surface area contributed by atoms with Crippen molar-refractivity contribution in [2.75, 3.05) is 6.54 Å². The van der Waals surface area contributed by atoms with E-state index in [1.54, 1.807) is 18.3 Å². The molecule has 7 heteroatoms. The number of piperidine rings is 1. The van der Waals surface area contributed by atoms with Crippen LogP contribution in [0.2, 0.25) is 0 Å². The fraction of sp³-hybridized carbons (Fsp3) is 0.312. The third-order valence-electron chi connectivity index (χ3n) is 3.93. The van der Waals surface area contributed by atoms with Gasteiger partial charge in [-0.05, 0) is 43.5 Å². The number of carbonyl (C=O) groups is 2. The van der Waals surface area contributed by atoms with Crippen molar-refractivity contribution < 1.29 is 19.1 Å². The highest BCUT2D eigenvalue weighted by Crippen LogP contribution is 2.20. The third kappa shape index (κ3) is 3.08. The van der Waals surface area contributed by atoms with Crippen LogP contribution in [0, 0.1) is 5.82 Å². The summed E-state index contributed by atoms with van der Waals surface area (Å²) in [6.07, 6.45) is 3.58. The molecule has 3 rings (SSSR count). The van der Waals surface area contributed by atoms with Gasteiger partial charge in [0.15, 0.2) is 5.69 Å². The number of nitrogens with zero attached hydrogens (tertiary/aromatic N) is 3. The van der Waals surface area contributed by atoms with Gasteiger partial charge in [0.2, 0.25) is 0 Å². The normalized spacial score (nSPS) is 18.0. The minimum Gasteiger partial charge on any atom is -0.480 e. The van der Waals surface area contributed by atoms with Gasteiger partial charge in [-0.1, -0.05) is 6.07 Å². The van der Waals surface area contributed by atoms with Crippen molar-refractivity contribution in [2.45, 2.75) is 25.3 Å². The molecule has 1 fully saturated rings. The van der Waals surface area contributed by atoms with Crippen LogP contribution in [0.3, 0.4) is 0 Å². The van der Waals surface area contributed by atoms with E-state index in [2.05, 4.69) is 5.10 Å². The zero-order chi connectivity index (χ0) is 16.4. The van der Waals surface area contributed by atoms with E-state index in [0.717, 1.165) is 12.8 Å². The first-order valence-electron chi connectivity index (χ1n) is 7.41. The van der Waals surface area contributed by atoms with Crippen molar-refractivity contribution >= 4 is 11.9 Å². The monoisotopic (exact) mass is 317 g/mol. The highest BCUT2D eigenvalue weighted by Gasteiger charge is 2.33. The van der Waals surface area contributed by atoms with Gasteiger partial charge >= 0.3 is 5.97 Å². The Labute approximate surface area is 132 Å². The number of amides is 1. The van der Waals surface area contributed by atoms with Crippen molar-refractivity contribution in [3.63, 3.8) is 0 Å². The average Bonchev–Trinajstić information content (AvgIpc) is 3.04. The summed E-state index contributed by atoms with van der Waals surface area (Å²) >= 11 is 0. The van der Waals surface area contributed by atoms with Crippen LogP contribution in [-0.4, -0.2) is 44.3 Å². The van der Waals surface area contributed by atoms with Gasteiger partial charge in [-0.25, -0.2) is 13.9 Å². The summed E-state index contributed by atoms with van der Waals surface area (Å²) in [5, 5.41) is 13.4. The molecule has 6 nitrogen and oxygen atoms in total. The molecule has 120 valence electrons. The number of hydrogen-bond donors (Lipinski definition) is 1. The number of aromatic nitrogens is 2. The van der Waals surface area contributed by atoms with Crippen LogP contribution in [0.15, 0.2) is 36.5 Å². The molecule has 1 aromatic heterocycles. The molecule has 1 amide bonds. The largest absolute Gasteiger partial charge is 0.480 e. The lowest BCUT2D eigenvalue weighted by atomic mass is 10.0. The van der Waals surface area contributed by atoms with Gasteiger partial charge in [0, 0.05) is 12.7 Å². The second-order valence-corrected chi connectivity index (χ2v) is 5.47. The number of carboxylic acids is 1. The molecule has 1 aliphatic heterocycles. The Morgan fingerprint density at radius 2 is 2.09 bits per heavy atom. The molecule has 1 N–H and O–H groups in total. The number of aliphatic carboxylic acids is 1. The highest BCUT2D eigenvalue weighted by molar-refractivity contribution is 5.95. The number of carbonyl (C=O) groups excluding carboxylic acids is 1. The number of halogens is 1. The van der Waals surface area contributed by atoms with E-state index in [9.17, 15) is 19.1 Å². The van der Waals surface area contributed by atoms with Crippen LogP contribution < -0.4 is 0 Å². The first-order chi connectivity index (χ1) is 11.1. The molecular weight excluding hydrogens is 301 g/mol. The second kappa shape index (κ2) is 6.20. The Balaban J connectivity index is 1.84. The summed E-state index contributed by atoms with van der Waals surface area (Å²) < 4.78 is 14.7. The minimum absolute atomic E-state index is 0.155. The lowest BCUT2D eigenvalue weighted by Gasteiger charge is -2.32. The molecule has 0 bridgehead atoms. The molecule has 0 unspecified atom stereocenters. The summed E-state index contributed by atoms with van der Waals surface area (Å²) in [4.78, 5) is 25.2. The molecule has 2 heterocycles. The maximum Gasteiger partial charge on any atom is 0.326 e. The summed E-state index contributed by atoms with van der Waals surface area (Å²) in [5.41, 5.74) is 0.653. The molecule has 1 aromatic carbocycles. The Morgan fingerprint density at radius 1 is 1.26 bits per heavy atom. The molecule has 23 heavy (non-hydrogen) atoms. The lowest BCUT2D eigenvalue weighted by molar-refractivity contribution is -0.143. The smallest absolute Gasteiger partial charge is 0.326 e. The van der Waals surface area contributed by atoms with E-state index < -0.39 is 23.7 Å². The maximum absolute atomic E-state index is 13.3. The third-order valence-corrected chi connectivity index (χ3v) is 3.93. The van der Waals surface area contributed by atoms with Crippen LogP contribution in [0.4, 0.5) is 4.39 Å². The molecule has 1 saturated heterocycles. The van der Waals surface area contributed by atoms with Crippen LogP contribution in [-0.2, 0) is 4.79 Å². The quantitative estimate of drug-likeness (QED) is 0.940. The van der Waals surface area contributed by atoms with Crippen molar-refractivity contribution in [2.24, 2.45) is 0 Å². The maximum atomic E-state index is 13.3. The van der Waals surface area contributed by atoms with Crippen LogP contribution in [0.1, 0.15) is 29.8 Å². The molecule has 0 spiro atoms. The summed E-state index contributed by atoms with van der Waals surface area (Å²) in [5.74, 6) is -1.80. The fourth-order valence-electron chi connectivity index (χ4n) is 2.78. The lowest BCUT2D eigenvalue weighted by Crippen LogP contribution is -2.48. The molecule has 0 radical (unpaired) electrons. The molecule has 0 aliphatic carbocycles. The Morgan fingerprint density at radius 3 is 2.83 bits per heavy atom. The minimum atomic E-state index is -0.998. The number of carboxylic acid groups (broad SMARTS) is 1. The second-order valence-electron chi connectivity index (χ2n) is 5.47. The topological polar surface area (TPSA) is 75.4 Å². The zero-order valence-corrected chi connectivity index (χ0v) is 12.4. The van der Waals surface area contributed by atoms with Gasteiger partial charge in [-0.3, -0.25) is 4.79 Å². The van der Waals surface area contributed by atoms with Crippen molar-refractivity contribution in [1.82, 2.24) is 14.7 Å². The zero-order valence-electron chi connectivity index (χ0n) is 12.4. The van der Waals surface area contributed by atoms with E-state index in [1.807, 2.05) is 0 Å². The van der Waals surface area contributed by atoms with E-state index in [0.29, 0.717) is 18.7 Å². The van der Waals surface area contributed by atoms with Crippen LogP contribution in [0.5, 0.6) is 0 Å². The first kappa shape index (κ1) is 15.2. The number of rotatable bonds is 3. The van der Waals surface area contributed by atoms with Crippen molar-refractivity contribution in [3.05, 3.63) is 48.0 Å². The van der Waals surface area contributed by atoms with E-state index >= 15 is 0 Å². The molecule has 1 aliphatic rings. The summed E-state index contributed by atoms with van der Waals surface area (Å²) in [6.45, 7) is 0.405. The van der Waals surface area contributed by atoms with Gasteiger partial charge in [-0.2, -0.15) is 5.10 Å². The average molecular weight is 317 g/mol. The Hall–Kier alpha value is -2.70. The van der Waals surface area contributed by atoms with E-state index in [4.69, 9.17) is 0 Å². The van der Waals surface area contributed by atoms with E-state index in [-0.39, 0.29) is 5.69 Å². The Bertz CT molecular complexity index is 744. The van der Waals surface area contributed by atoms with Gasteiger partial charge in [-0.15, -0.1) is 0 Å². The SMILES string of the molecule is O=C(O)[C@H]1CCCCN1C(=O)c1ccn(-c2cccc(F)c2)n1. The van der Waals surface area contributed by atoms with Gasteiger partial charge in [0.1, 0.15) is 11.9 Å². The standard InChI is InChI=1S/C16H16FN3O3/c17-11-4-3-5-12(10-11)20-9-7-13(18-20)15(21)19-8-2-1-6-14(19)16(22)23/h3-5,7,9-10,14H,1-2,6,8H2,(H,22,23)/t14-/m1/s1. The molecule has 0 saturated carbocycles. The number of hydrogen-bond acceptors (Lipinski definition) is 3. The number of benzene rings is 1. The molecule has 2 aromatic rings. The predicted octanol–water partition coefficient (Wildman–Crippen LogP) is 2.09. The van der Waals surface area contributed by atoms with Crippen molar-refractivity contribution in [3.8, 4) is 5.69 Å². The van der Waals surface area contributed by atoms with Crippen molar-refractivity contribution in [1.29, 1.82) is 0 Å². The predicted molar refractivity (Wildman–Crippen MR) is 79.8 cm³/mol. The fourth-order valence-corrected chi connectivity index (χ4v) is 2.78. The number of likely N-dealkylation sites (tertiary alicyclic amines) is 1. The molecular formula is C16H16FN3O3. The molecule has 1 atom stereocenters. The van der Waals surface area contributed by atoms with Gasteiger partial charge < -0.3 is 10.0 Å². The van der Waals surface area contributed by atoms with Crippen LogP contribution >= 0.6 is 0 Å². The first-order valence-corrected chi connectivity index (χ1v) is 7.41. The Kier molecular flexibility index (Phi) is 4.10. The van der Waals surface area contributed by atoms with E-state index in [1.165, 1.54) is 27.8 Å². The van der Waals surface area contributed by atoms with Crippen LogP contribution in [0.25, 0.3) is 5.69 Å². The summed E-state index contributed by atoms with van der Waals surface area (Å²) in [7, 11) is 0. The summed E-state index contributed by atoms with van der Waals surface area (Å²) in [6, 6.07) is 6.56.